The molecule has 104 valence electrons. The van der Waals surface area contributed by atoms with Crippen molar-refractivity contribution in [3.8, 4) is 0 Å². The third-order valence-corrected chi connectivity index (χ3v) is 3.46. The normalized spacial score (nSPS) is 13.0. The molecule has 1 aromatic heterocycles. The van der Waals surface area contributed by atoms with E-state index in [0.717, 1.165) is 12.2 Å². The van der Waals surface area contributed by atoms with E-state index in [-0.39, 0.29) is 0 Å². The number of thioether (sulfide) groups is 1. The molecule has 1 aromatic rings. The van der Waals surface area contributed by atoms with E-state index in [4.69, 9.17) is 4.42 Å². The number of anilines is 1. The zero-order chi connectivity index (χ0) is 13.5. The summed E-state index contributed by atoms with van der Waals surface area (Å²) in [5.74, 6) is 1.78. The van der Waals surface area contributed by atoms with E-state index in [1.165, 1.54) is 0 Å². The van der Waals surface area contributed by atoms with Gasteiger partial charge in [0, 0.05) is 19.1 Å². The van der Waals surface area contributed by atoms with Crippen LogP contribution in [0.5, 0.6) is 0 Å². The fourth-order valence-electron chi connectivity index (χ4n) is 1.42. The van der Waals surface area contributed by atoms with Crippen LogP contribution in [0.15, 0.2) is 4.42 Å². The first-order chi connectivity index (χ1) is 8.54. The van der Waals surface area contributed by atoms with Gasteiger partial charge in [0.2, 0.25) is 5.89 Å². The summed E-state index contributed by atoms with van der Waals surface area (Å²) < 4.78 is 5.63. The minimum absolute atomic E-state index is 0.406. The second kappa shape index (κ2) is 7.63. The van der Waals surface area contributed by atoms with Crippen LogP contribution in [0.4, 0.5) is 6.01 Å². The van der Waals surface area contributed by atoms with Gasteiger partial charge in [0.25, 0.3) is 0 Å². The SMILES string of the molecule is CSCCC(C)N(C)c1nnc(CNC(C)C)o1. The maximum absolute atomic E-state index is 5.63. The molecule has 0 aliphatic carbocycles. The van der Waals surface area contributed by atoms with Crippen LogP contribution in [0.1, 0.15) is 33.1 Å². The Morgan fingerprint density at radius 1 is 1.33 bits per heavy atom. The Hall–Kier alpha value is -0.750. The largest absolute Gasteiger partial charge is 0.407 e. The Morgan fingerprint density at radius 2 is 2.06 bits per heavy atom. The number of hydrogen-bond donors (Lipinski definition) is 1. The third-order valence-electron chi connectivity index (χ3n) is 2.82. The van der Waals surface area contributed by atoms with Crippen molar-refractivity contribution in [2.24, 2.45) is 0 Å². The molecule has 0 radical (unpaired) electrons. The molecule has 1 atom stereocenters. The molecule has 1 rings (SSSR count). The fraction of sp³-hybridized carbons (Fsp3) is 0.833. The van der Waals surface area contributed by atoms with E-state index < -0.39 is 0 Å². The quantitative estimate of drug-likeness (QED) is 0.782. The van der Waals surface area contributed by atoms with Gasteiger partial charge in [0.15, 0.2) is 0 Å². The molecule has 1 N–H and O–H groups in total. The van der Waals surface area contributed by atoms with Crippen molar-refractivity contribution in [2.75, 3.05) is 24.0 Å². The number of nitrogens with one attached hydrogen (secondary N) is 1. The smallest absolute Gasteiger partial charge is 0.318 e. The average Bonchev–Trinajstić information content (AvgIpc) is 2.81. The summed E-state index contributed by atoms with van der Waals surface area (Å²) in [5.41, 5.74) is 0. The van der Waals surface area contributed by atoms with E-state index in [1.54, 1.807) is 0 Å². The molecule has 5 nitrogen and oxygen atoms in total. The van der Waals surface area contributed by atoms with Crippen LogP contribution in [0.2, 0.25) is 0 Å². The highest BCUT2D eigenvalue weighted by molar-refractivity contribution is 7.98. The van der Waals surface area contributed by atoms with Crippen LogP contribution in [0.25, 0.3) is 0 Å². The molecule has 1 heterocycles. The van der Waals surface area contributed by atoms with E-state index in [9.17, 15) is 0 Å². The van der Waals surface area contributed by atoms with Gasteiger partial charge in [0.1, 0.15) is 0 Å². The van der Waals surface area contributed by atoms with Crippen LogP contribution >= 0.6 is 11.8 Å². The van der Waals surface area contributed by atoms with Crippen LogP contribution in [-0.4, -0.2) is 41.3 Å². The summed E-state index contributed by atoms with van der Waals surface area (Å²) in [6.07, 6.45) is 3.23. The summed E-state index contributed by atoms with van der Waals surface area (Å²) in [6.45, 7) is 6.98. The van der Waals surface area contributed by atoms with Crippen LogP contribution in [0, 0.1) is 0 Å². The van der Waals surface area contributed by atoms with Crippen molar-refractivity contribution in [1.82, 2.24) is 15.5 Å². The molecule has 0 aliphatic rings. The monoisotopic (exact) mass is 272 g/mol. The Labute approximate surface area is 114 Å². The van der Waals surface area contributed by atoms with Crippen molar-refractivity contribution in [2.45, 2.75) is 45.8 Å². The summed E-state index contributed by atoms with van der Waals surface area (Å²) in [7, 11) is 2.00. The van der Waals surface area contributed by atoms with Crippen LogP contribution in [-0.2, 0) is 6.54 Å². The molecule has 0 aromatic carbocycles. The van der Waals surface area contributed by atoms with Crippen molar-refractivity contribution < 1.29 is 4.42 Å². The zero-order valence-electron chi connectivity index (χ0n) is 11.9. The Balaban J connectivity index is 2.50. The highest BCUT2D eigenvalue weighted by Gasteiger charge is 2.16. The second-order valence-corrected chi connectivity index (χ2v) is 5.74. The molecule has 0 fully saturated rings. The van der Waals surface area contributed by atoms with Gasteiger partial charge in [-0.15, -0.1) is 5.10 Å². The van der Waals surface area contributed by atoms with Crippen molar-refractivity contribution in [3.63, 3.8) is 0 Å². The van der Waals surface area contributed by atoms with E-state index in [1.807, 2.05) is 23.7 Å². The summed E-state index contributed by atoms with van der Waals surface area (Å²) >= 11 is 1.86. The Bertz CT molecular complexity index is 343. The van der Waals surface area contributed by atoms with Gasteiger partial charge < -0.3 is 14.6 Å². The maximum Gasteiger partial charge on any atom is 0.318 e. The predicted molar refractivity (Wildman–Crippen MR) is 77.1 cm³/mol. The molecule has 18 heavy (non-hydrogen) atoms. The highest BCUT2D eigenvalue weighted by atomic mass is 32.2. The fourth-order valence-corrected chi connectivity index (χ4v) is 2.00. The first-order valence-corrected chi connectivity index (χ1v) is 7.71. The van der Waals surface area contributed by atoms with Crippen molar-refractivity contribution in [3.05, 3.63) is 5.89 Å². The van der Waals surface area contributed by atoms with E-state index >= 15 is 0 Å². The van der Waals surface area contributed by atoms with Gasteiger partial charge >= 0.3 is 6.01 Å². The van der Waals surface area contributed by atoms with Crippen molar-refractivity contribution >= 4 is 17.8 Å². The first-order valence-electron chi connectivity index (χ1n) is 6.32. The predicted octanol–water partition coefficient (Wildman–Crippen LogP) is 2.15. The standard InChI is InChI=1S/C12H24N4OS/c1-9(2)13-8-11-14-15-12(17-11)16(4)10(3)6-7-18-5/h9-10,13H,6-8H2,1-5H3. The van der Waals surface area contributed by atoms with Crippen molar-refractivity contribution in [1.29, 1.82) is 0 Å². The minimum Gasteiger partial charge on any atom is -0.407 e. The van der Waals surface area contributed by atoms with Crippen LogP contribution < -0.4 is 10.2 Å². The van der Waals surface area contributed by atoms with Gasteiger partial charge in [-0.3, -0.25) is 0 Å². The lowest BCUT2D eigenvalue weighted by Gasteiger charge is -2.22. The van der Waals surface area contributed by atoms with E-state index in [2.05, 4.69) is 42.5 Å². The number of nitrogens with zero attached hydrogens (tertiary/aromatic N) is 3. The number of aromatic nitrogens is 2. The summed E-state index contributed by atoms with van der Waals surface area (Å²) in [5, 5.41) is 11.4. The highest BCUT2D eigenvalue weighted by Crippen LogP contribution is 2.16. The molecule has 0 bridgehead atoms. The molecule has 1 unspecified atom stereocenters. The molecule has 0 saturated heterocycles. The molecule has 0 aliphatic heterocycles. The second-order valence-electron chi connectivity index (χ2n) is 4.76. The Kier molecular flexibility index (Phi) is 6.49. The van der Waals surface area contributed by atoms with Gasteiger partial charge in [-0.1, -0.05) is 18.9 Å². The van der Waals surface area contributed by atoms with E-state index in [0.29, 0.717) is 30.5 Å². The topological polar surface area (TPSA) is 54.2 Å². The molecular formula is C12H24N4OS. The molecule has 6 heteroatoms. The lowest BCUT2D eigenvalue weighted by atomic mass is 10.2. The Morgan fingerprint density at radius 3 is 2.67 bits per heavy atom. The third kappa shape index (κ3) is 4.86. The van der Waals surface area contributed by atoms with Gasteiger partial charge in [-0.25, -0.2) is 0 Å². The zero-order valence-corrected chi connectivity index (χ0v) is 12.8. The van der Waals surface area contributed by atoms with Gasteiger partial charge in [-0.2, -0.15) is 11.8 Å². The number of rotatable bonds is 8. The summed E-state index contributed by atoms with van der Waals surface area (Å²) in [4.78, 5) is 2.04. The molecule has 0 spiro atoms. The first kappa shape index (κ1) is 15.3. The lowest BCUT2D eigenvalue weighted by molar-refractivity contribution is 0.442. The van der Waals surface area contributed by atoms with Gasteiger partial charge in [0.05, 0.1) is 6.54 Å². The minimum atomic E-state index is 0.406. The summed E-state index contributed by atoms with van der Waals surface area (Å²) in [6, 6.07) is 1.42. The number of hydrogen-bond acceptors (Lipinski definition) is 6. The maximum atomic E-state index is 5.63. The molecule has 0 saturated carbocycles. The molecular weight excluding hydrogens is 248 g/mol. The average molecular weight is 272 g/mol. The van der Waals surface area contributed by atoms with Gasteiger partial charge in [-0.05, 0) is 25.4 Å². The van der Waals surface area contributed by atoms with Crippen LogP contribution in [0.3, 0.4) is 0 Å². The molecule has 0 amide bonds. The lowest BCUT2D eigenvalue weighted by Crippen LogP contribution is -2.29.